The molecule has 0 aromatic heterocycles. The lowest BCUT2D eigenvalue weighted by molar-refractivity contribution is 0.0706. The lowest BCUT2D eigenvalue weighted by Gasteiger charge is -2.28. The highest BCUT2D eigenvalue weighted by Gasteiger charge is 2.24. The van der Waals surface area contributed by atoms with Crippen molar-refractivity contribution in [3.05, 3.63) is 64.7 Å². The maximum absolute atomic E-state index is 13.4. The highest BCUT2D eigenvalue weighted by molar-refractivity contribution is 6.06. The zero-order chi connectivity index (χ0) is 22.0. The quantitative estimate of drug-likeness (QED) is 0.560. The molecule has 0 radical (unpaired) electrons. The van der Waals surface area contributed by atoms with Crippen molar-refractivity contribution in [2.24, 2.45) is 0 Å². The van der Waals surface area contributed by atoms with Gasteiger partial charge in [-0.15, -0.1) is 0 Å². The second kappa shape index (κ2) is 8.37. The highest BCUT2D eigenvalue weighted by atomic mass is 16.5. The zero-order valence-electron chi connectivity index (χ0n) is 18.5. The fraction of sp³-hybridized carbons (Fsp3) is 0.417. The Kier molecular flexibility index (Phi) is 6.53. The van der Waals surface area contributed by atoms with Crippen LogP contribution in [0.1, 0.15) is 80.3 Å². The first-order chi connectivity index (χ1) is 13.4. The summed E-state index contributed by atoms with van der Waals surface area (Å²) in [5.74, 6) is -0.665. The van der Waals surface area contributed by atoms with E-state index in [-0.39, 0.29) is 16.7 Å². The zero-order valence-corrected chi connectivity index (χ0v) is 18.5. The van der Waals surface area contributed by atoms with E-state index in [0.717, 1.165) is 11.1 Å². The number of hydrogen-bond donors (Lipinski definition) is 2. The summed E-state index contributed by atoms with van der Waals surface area (Å²) < 4.78 is 0. The molecular weight excluding hydrogens is 364 g/mol. The molecule has 0 aliphatic carbocycles. The molecule has 0 aliphatic rings. The van der Waals surface area contributed by atoms with Gasteiger partial charge in [-0.05, 0) is 65.3 Å². The lowest BCUT2D eigenvalue weighted by Crippen LogP contribution is -2.31. The molecule has 0 saturated heterocycles. The fourth-order valence-corrected chi connectivity index (χ4v) is 3.07. The van der Waals surface area contributed by atoms with Gasteiger partial charge >= 0.3 is 0 Å². The normalized spacial score (nSPS) is 11.9. The maximum Gasteiger partial charge on any atom is 0.274 e. The molecule has 2 N–H and O–H groups in total. The van der Waals surface area contributed by atoms with Crippen LogP contribution in [-0.4, -0.2) is 23.6 Å². The maximum atomic E-state index is 13.4. The van der Waals surface area contributed by atoms with Crippen molar-refractivity contribution in [2.75, 3.05) is 11.4 Å². The molecule has 0 saturated carbocycles. The number of nitrogens with zero attached hydrogens (tertiary/aromatic N) is 1. The van der Waals surface area contributed by atoms with Crippen LogP contribution in [0.5, 0.6) is 0 Å². The van der Waals surface area contributed by atoms with Crippen LogP contribution in [0.15, 0.2) is 42.5 Å². The predicted octanol–water partition coefficient (Wildman–Crippen LogP) is 5.07. The molecule has 0 spiro atoms. The van der Waals surface area contributed by atoms with Crippen molar-refractivity contribution < 1.29 is 14.8 Å². The van der Waals surface area contributed by atoms with Crippen molar-refractivity contribution >= 4 is 17.5 Å². The minimum absolute atomic E-state index is 0.0767. The van der Waals surface area contributed by atoms with Crippen LogP contribution in [0.25, 0.3) is 0 Å². The van der Waals surface area contributed by atoms with Crippen LogP contribution >= 0.6 is 0 Å². The Bertz CT molecular complexity index is 856. The third-order valence-corrected chi connectivity index (χ3v) is 5.02. The van der Waals surface area contributed by atoms with Crippen LogP contribution in [-0.2, 0) is 10.8 Å². The van der Waals surface area contributed by atoms with E-state index >= 15 is 0 Å². The molecule has 5 heteroatoms. The van der Waals surface area contributed by atoms with Crippen LogP contribution < -0.4 is 10.4 Å². The van der Waals surface area contributed by atoms with Crippen molar-refractivity contribution in [3.63, 3.8) is 0 Å². The number of rotatable bonds is 4. The van der Waals surface area contributed by atoms with Crippen LogP contribution in [0, 0.1) is 0 Å². The molecular formula is C24H32N2O3. The van der Waals surface area contributed by atoms with E-state index in [9.17, 15) is 9.59 Å². The molecule has 2 aromatic rings. The van der Waals surface area contributed by atoms with E-state index in [1.807, 2.05) is 19.1 Å². The second-order valence-corrected chi connectivity index (χ2v) is 9.34. The van der Waals surface area contributed by atoms with Gasteiger partial charge < -0.3 is 4.90 Å². The third kappa shape index (κ3) is 5.24. The van der Waals surface area contributed by atoms with Crippen LogP contribution in [0.2, 0.25) is 0 Å². The van der Waals surface area contributed by atoms with E-state index < -0.39 is 5.91 Å². The third-order valence-electron chi connectivity index (χ3n) is 5.02. The van der Waals surface area contributed by atoms with Crippen molar-refractivity contribution in [3.8, 4) is 0 Å². The van der Waals surface area contributed by atoms with Crippen molar-refractivity contribution in [2.45, 2.75) is 59.3 Å². The Labute approximate surface area is 173 Å². The average Bonchev–Trinajstić information content (AvgIpc) is 2.66. The lowest BCUT2D eigenvalue weighted by atomic mass is 9.79. The first-order valence-electron chi connectivity index (χ1n) is 9.91. The summed E-state index contributed by atoms with van der Waals surface area (Å²) in [5.41, 5.74) is 5.39. The fourth-order valence-electron chi connectivity index (χ4n) is 3.07. The Hall–Kier alpha value is -2.66. The second-order valence-electron chi connectivity index (χ2n) is 9.34. The van der Waals surface area contributed by atoms with Gasteiger partial charge in [-0.3, -0.25) is 14.8 Å². The summed E-state index contributed by atoms with van der Waals surface area (Å²) in [5, 5.41) is 8.77. The first-order valence-corrected chi connectivity index (χ1v) is 9.91. The van der Waals surface area contributed by atoms with Gasteiger partial charge in [0.2, 0.25) is 0 Å². The highest BCUT2D eigenvalue weighted by Crippen LogP contribution is 2.31. The first kappa shape index (κ1) is 22.6. The molecule has 0 bridgehead atoms. The number of hydroxylamine groups is 1. The predicted molar refractivity (Wildman–Crippen MR) is 117 cm³/mol. The molecule has 2 aromatic carbocycles. The molecule has 0 heterocycles. The molecule has 0 atom stereocenters. The summed E-state index contributed by atoms with van der Waals surface area (Å²) in [6.07, 6.45) is 0. The summed E-state index contributed by atoms with van der Waals surface area (Å²) >= 11 is 0. The largest absolute Gasteiger partial charge is 0.309 e. The number of carbonyl (C=O) groups excluding carboxylic acids is 2. The number of anilines is 1. The van der Waals surface area contributed by atoms with Crippen molar-refractivity contribution in [1.82, 2.24) is 5.48 Å². The average molecular weight is 397 g/mol. The van der Waals surface area contributed by atoms with Gasteiger partial charge in [-0.2, -0.15) is 0 Å². The van der Waals surface area contributed by atoms with Gasteiger partial charge in [-0.25, -0.2) is 5.48 Å². The van der Waals surface area contributed by atoms with E-state index in [4.69, 9.17) is 5.21 Å². The summed E-state index contributed by atoms with van der Waals surface area (Å²) in [7, 11) is 0. The van der Waals surface area contributed by atoms with Gasteiger partial charge in [0.1, 0.15) is 0 Å². The molecule has 5 nitrogen and oxygen atoms in total. The van der Waals surface area contributed by atoms with Crippen molar-refractivity contribution in [1.29, 1.82) is 0 Å². The number of hydrogen-bond acceptors (Lipinski definition) is 3. The van der Waals surface area contributed by atoms with E-state index in [1.165, 1.54) is 0 Å². The Balaban J connectivity index is 2.49. The number of carbonyl (C=O) groups is 2. The summed E-state index contributed by atoms with van der Waals surface area (Å²) in [6, 6.07) is 12.7. The van der Waals surface area contributed by atoms with Gasteiger partial charge in [-0.1, -0.05) is 47.6 Å². The molecule has 0 unspecified atom stereocenters. The standard InChI is InChI=1S/C24H32N2O3/c1-8-26(20-11-9-16(10-12-20)21(27)25-29)22(28)17-13-18(23(2,3)4)15-19(14-17)24(5,6)7/h9-15,29H,8H2,1-7H3,(H,25,27). The number of amides is 2. The molecule has 0 fully saturated rings. The van der Waals surface area contributed by atoms with E-state index in [2.05, 4.69) is 47.6 Å². The smallest absolute Gasteiger partial charge is 0.274 e. The monoisotopic (exact) mass is 396 g/mol. The number of benzene rings is 2. The van der Waals surface area contributed by atoms with Crippen LogP contribution in [0.4, 0.5) is 5.69 Å². The Morgan fingerprint density at radius 3 is 1.72 bits per heavy atom. The Morgan fingerprint density at radius 2 is 1.34 bits per heavy atom. The van der Waals surface area contributed by atoms with Gasteiger partial charge in [0.25, 0.3) is 11.8 Å². The molecule has 0 aliphatic heterocycles. The molecule has 2 amide bonds. The van der Waals surface area contributed by atoms with Gasteiger partial charge in [0.15, 0.2) is 0 Å². The summed E-state index contributed by atoms with van der Waals surface area (Å²) in [6.45, 7) is 15.3. The topological polar surface area (TPSA) is 69.6 Å². The number of nitrogens with one attached hydrogen (secondary N) is 1. The molecule has 156 valence electrons. The van der Waals surface area contributed by atoms with Crippen LogP contribution in [0.3, 0.4) is 0 Å². The van der Waals surface area contributed by atoms with E-state index in [1.54, 1.807) is 34.6 Å². The molecule has 29 heavy (non-hydrogen) atoms. The van der Waals surface area contributed by atoms with Gasteiger partial charge in [0.05, 0.1) is 0 Å². The Morgan fingerprint density at radius 1 is 0.862 bits per heavy atom. The SMILES string of the molecule is CCN(C(=O)c1cc(C(C)(C)C)cc(C(C)(C)C)c1)c1ccc(C(=O)NO)cc1. The minimum atomic E-state index is -0.585. The molecule has 2 rings (SSSR count). The summed E-state index contributed by atoms with van der Waals surface area (Å²) in [4.78, 5) is 26.6. The van der Waals surface area contributed by atoms with E-state index in [0.29, 0.717) is 23.4 Å². The van der Waals surface area contributed by atoms with Gasteiger partial charge in [0, 0.05) is 23.4 Å². The minimum Gasteiger partial charge on any atom is -0.309 e.